The Balaban J connectivity index is 1.99. The van der Waals surface area contributed by atoms with E-state index in [0.717, 1.165) is 22.2 Å². The molecule has 0 saturated carbocycles. The van der Waals surface area contributed by atoms with Gasteiger partial charge in [-0.15, -0.1) is 0 Å². The minimum Gasteiger partial charge on any atom is -0.476 e. The van der Waals surface area contributed by atoms with Crippen molar-refractivity contribution >= 4 is 16.6 Å². The zero-order valence-corrected chi connectivity index (χ0v) is 9.09. The van der Waals surface area contributed by atoms with Gasteiger partial charge < -0.3 is 9.57 Å². The standard InChI is InChI=1S/C13H10N2O2/c1-2-4-11-8(3-1)5-10-12-9(7-17-15-12)6-16-13(10)14-11/h1-5,9H,6-7H2. The third-order valence-electron chi connectivity index (χ3n) is 3.21. The number of para-hydroxylation sites is 1. The highest BCUT2D eigenvalue weighted by molar-refractivity contribution is 6.07. The molecule has 3 heterocycles. The Bertz CT molecular complexity index is 636. The van der Waals surface area contributed by atoms with Crippen LogP contribution in [0.25, 0.3) is 10.9 Å². The van der Waals surface area contributed by atoms with Crippen molar-refractivity contribution in [3.8, 4) is 5.88 Å². The van der Waals surface area contributed by atoms with E-state index < -0.39 is 0 Å². The van der Waals surface area contributed by atoms with E-state index in [4.69, 9.17) is 9.57 Å². The quantitative estimate of drug-likeness (QED) is 0.689. The first-order chi connectivity index (χ1) is 8.42. The fourth-order valence-corrected chi connectivity index (χ4v) is 2.32. The maximum atomic E-state index is 5.67. The number of rotatable bonds is 0. The van der Waals surface area contributed by atoms with Crippen LogP contribution in [0.1, 0.15) is 5.56 Å². The molecule has 84 valence electrons. The molecule has 1 unspecified atom stereocenters. The molecule has 4 heteroatoms. The zero-order valence-electron chi connectivity index (χ0n) is 9.09. The topological polar surface area (TPSA) is 43.7 Å². The minimum absolute atomic E-state index is 0.255. The summed E-state index contributed by atoms with van der Waals surface area (Å²) in [6, 6.07) is 10.1. The van der Waals surface area contributed by atoms with Crippen molar-refractivity contribution in [2.24, 2.45) is 11.1 Å². The van der Waals surface area contributed by atoms with E-state index in [-0.39, 0.29) is 5.92 Å². The molecular weight excluding hydrogens is 216 g/mol. The molecule has 1 aromatic heterocycles. The summed E-state index contributed by atoms with van der Waals surface area (Å²) in [6.07, 6.45) is 0. The highest BCUT2D eigenvalue weighted by Crippen LogP contribution is 2.31. The van der Waals surface area contributed by atoms with Gasteiger partial charge in [-0.05, 0) is 12.1 Å². The van der Waals surface area contributed by atoms with Gasteiger partial charge in [0.05, 0.1) is 17.0 Å². The number of oxime groups is 1. The lowest BCUT2D eigenvalue weighted by Gasteiger charge is -2.20. The van der Waals surface area contributed by atoms with E-state index in [0.29, 0.717) is 19.1 Å². The molecule has 0 N–H and O–H groups in total. The third-order valence-corrected chi connectivity index (χ3v) is 3.21. The summed E-state index contributed by atoms with van der Waals surface area (Å²) in [4.78, 5) is 9.66. The molecule has 1 atom stereocenters. The van der Waals surface area contributed by atoms with E-state index in [1.165, 1.54) is 0 Å². The number of hydrogen-bond donors (Lipinski definition) is 0. The second-order valence-electron chi connectivity index (χ2n) is 4.31. The van der Waals surface area contributed by atoms with Crippen LogP contribution >= 0.6 is 0 Å². The van der Waals surface area contributed by atoms with Gasteiger partial charge in [0.25, 0.3) is 0 Å². The van der Waals surface area contributed by atoms with Crippen LogP contribution in [0.4, 0.5) is 0 Å². The number of benzene rings is 1. The summed E-state index contributed by atoms with van der Waals surface area (Å²) in [5.41, 5.74) is 2.89. The minimum atomic E-state index is 0.255. The number of hydrogen-bond acceptors (Lipinski definition) is 4. The summed E-state index contributed by atoms with van der Waals surface area (Å²) in [6.45, 7) is 1.22. The van der Waals surface area contributed by atoms with E-state index in [1.54, 1.807) is 0 Å². The number of fused-ring (bicyclic) bond motifs is 4. The molecule has 0 aliphatic carbocycles. The monoisotopic (exact) mass is 226 g/mol. The maximum Gasteiger partial charge on any atom is 0.223 e. The molecule has 4 nitrogen and oxygen atoms in total. The Morgan fingerprint density at radius 2 is 2.12 bits per heavy atom. The normalized spacial score (nSPS) is 21.2. The number of nitrogens with zero attached hydrogens (tertiary/aromatic N) is 2. The van der Waals surface area contributed by atoms with Crippen LogP contribution in [0, 0.1) is 5.92 Å². The lowest BCUT2D eigenvalue weighted by Crippen LogP contribution is -2.28. The smallest absolute Gasteiger partial charge is 0.223 e. The van der Waals surface area contributed by atoms with Crippen molar-refractivity contribution < 1.29 is 9.57 Å². The van der Waals surface area contributed by atoms with Gasteiger partial charge in [-0.2, -0.15) is 0 Å². The Kier molecular flexibility index (Phi) is 1.69. The fraction of sp³-hybridized carbons (Fsp3) is 0.231. The lowest BCUT2D eigenvalue weighted by atomic mass is 9.96. The van der Waals surface area contributed by atoms with E-state index >= 15 is 0 Å². The molecule has 0 radical (unpaired) electrons. The number of aromatic nitrogens is 1. The summed E-state index contributed by atoms with van der Waals surface area (Å²) in [5.74, 6) is 0.926. The Hall–Kier alpha value is -2.10. The zero-order chi connectivity index (χ0) is 11.2. The molecule has 0 fully saturated rings. The molecule has 0 saturated heterocycles. The predicted octanol–water partition coefficient (Wildman–Crippen LogP) is 1.98. The van der Waals surface area contributed by atoms with Gasteiger partial charge >= 0.3 is 0 Å². The summed E-state index contributed by atoms with van der Waals surface area (Å²) < 4.78 is 5.67. The molecule has 0 bridgehead atoms. The first-order valence-electron chi connectivity index (χ1n) is 5.64. The van der Waals surface area contributed by atoms with Crippen molar-refractivity contribution in [3.63, 3.8) is 0 Å². The molecular formula is C13H10N2O2. The van der Waals surface area contributed by atoms with E-state index in [2.05, 4.69) is 16.2 Å². The van der Waals surface area contributed by atoms with Gasteiger partial charge in [0.2, 0.25) is 5.88 Å². The van der Waals surface area contributed by atoms with Crippen LogP contribution in [0.15, 0.2) is 35.5 Å². The van der Waals surface area contributed by atoms with Crippen molar-refractivity contribution in [1.29, 1.82) is 0 Å². The molecule has 2 aromatic rings. The average molecular weight is 226 g/mol. The van der Waals surface area contributed by atoms with E-state index in [1.807, 2.05) is 24.3 Å². The molecule has 4 rings (SSSR count). The molecule has 1 aromatic carbocycles. The summed E-state index contributed by atoms with van der Waals surface area (Å²) in [5, 5.41) is 5.20. The fourth-order valence-electron chi connectivity index (χ4n) is 2.32. The Labute approximate surface area is 97.9 Å². The van der Waals surface area contributed by atoms with Crippen molar-refractivity contribution in [3.05, 3.63) is 35.9 Å². The van der Waals surface area contributed by atoms with Gasteiger partial charge in [0.15, 0.2) is 0 Å². The first-order valence-corrected chi connectivity index (χ1v) is 5.64. The maximum absolute atomic E-state index is 5.67. The van der Waals surface area contributed by atoms with Gasteiger partial charge in [-0.1, -0.05) is 23.4 Å². The highest BCUT2D eigenvalue weighted by Gasteiger charge is 2.32. The second kappa shape index (κ2) is 3.20. The van der Waals surface area contributed by atoms with Crippen molar-refractivity contribution in [2.45, 2.75) is 0 Å². The number of pyridine rings is 1. The molecule has 0 spiro atoms. The van der Waals surface area contributed by atoms with Crippen LogP contribution < -0.4 is 4.74 Å². The molecule has 2 aliphatic rings. The van der Waals surface area contributed by atoms with Crippen molar-refractivity contribution in [1.82, 2.24) is 4.98 Å². The number of ether oxygens (including phenoxy) is 1. The second-order valence-corrected chi connectivity index (χ2v) is 4.31. The molecule has 17 heavy (non-hydrogen) atoms. The average Bonchev–Trinajstić information content (AvgIpc) is 2.85. The predicted molar refractivity (Wildman–Crippen MR) is 63.2 cm³/mol. The van der Waals surface area contributed by atoms with Gasteiger partial charge in [0.1, 0.15) is 18.9 Å². The largest absolute Gasteiger partial charge is 0.476 e. The summed E-state index contributed by atoms with van der Waals surface area (Å²) in [7, 11) is 0. The lowest BCUT2D eigenvalue weighted by molar-refractivity contribution is 0.135. The van der Waals surface area contributed by atoms with E-state index in [9.17, 15) is 0 Å². The van der Waals surface area contributed by atoms with Crippen LogP contribution in [-0.2, 0) is 4.84 Å². The van der Waals surface area contributed by atoms with Crippen LogP contribution in [0.5, 0.6) is 5.88 Å². The Morgan fingerprint density at radius 1 is 1.18 bits per heavy atom. The first kappa shape index (κ1) is 8.98. The molecule has 2 aliphatic heterocycles. The van der Waals surface area contributed by atoms with Crippen LogP contribution in [0.2, 0.25) is 0 Å². The third kappa shape index (κ3) is 1.24. The van der Waals surface area contributed by atoms with Gasteiger partial charge in [-0.25, -0.2) is 4.98 Å². The van der Waals surface area contributed by atoms with Crippen LogP contribution in [-0.4, -0.2) is 23.9 Å². The highest BCUT2D eigenvalue weighted by atomic mass is 16.6. The van der Waals surface area contributed by atoms with Crippen molar-refractivity contribution in [2.75, 3.05) is 13.2 Å². The molecule has 0 amide bonds. The SMILES string of the molecule is c1ccc2nc3c(cc2c1)C1=NOCC1CO3. The van der Waals surface area contributed by atoms with Gasteiger partial charge in [0, 0.05) is 5.39 Å². The van der Waals surface area contributed by atoms with Gasteiger partial charge in [-0.3, -0.25) is 0 Å². The Morgan fingerprint density at radius 3 is 3.12 bits per heavy atom. The summed E-state index contributed by atoms with van der Waals surface area (Å²) >= 11 is 0. The van der Waals surface area contributed by atoms with Crippen LogP contribution in [0.3, 0.4) is 0 Å².